The molecule has 0 unspecified atom stereocenters. The summed E-state index contributed by atoms with van der Waals surface area (Å²) in [7, 11) is 1.62. The first kappa shape index (κ1) is 24.8. The minimum atomic E-state index is -0.544. The van der Waals surface area contributed by atoms with Gasteiger partial charge in [0.25, 0.3) is 0 Å². The number of carbonyl (C=O) groups excluding carboxylic acids is 1. The number of likely N-dealkylation sites (N-methyl/N-ethyl adjacent to an activating group) is 1. The Kier molecular flexibility index (Phi) is 8.12. The summed E-state index contributed by atoms with van der Waals surface area (Å²) in [4.78, 5) is 34.4. The van der Waals surface area contributed by atoms with E-state index in [2.05, 4.69) is 18.7 Å². The van der Waals surface area contributed by atoms with Gasteiger partial charge in [-0.25, -0.2) is 9.78 Å². The quantitative estimate of drug-likeness (QED) is 0.352. The van der Waals surface area contributed by atoms with Crippen molar-refractivity contribution in [2.45, 2.75) is 20.4 Å². The standard InChI is InChI=1S/C23H26N4O4S.ClH/c1-4-25(5-2)12-13-26(22-24-17-11-10-16(30-3)14-20(17)32-22)21(28)15-27-18-8-6-7-9-19(18)31-23(27)29;/h6-11,14H,4-5,12-13,15H2,1-3H3;1H. The van der Waals surface area contributed by atoms with Crippen LogP contribution in [0.4, 0.5) is 5.13 Å². The average molecular weight is 491 g/mol. The largest absolute Gasteiger partial charge is 0.497 e. The van der Waals surface area contributed by atoms with Crippen molar-refractivity contribution in [2.24, 2.45) is 0 Å². The summed E-state index contributed by atoms with van der Waals surface area (Å²) in [5.74, 6) is -0.0146. The molecule has 0 aliphatic carbocycles. The van der Waals surface area contributed by atoms with Crippen molar-refractivity contribution in [3.05, 3.63) is 53.0 Å². The highest BCUT2D eigenvalue weighted by atomic mass is 35.5. The first-order valence-electron chi connectivity index (χ1n) is 10.6. The zero-order valence-electron chi connectivity index (χ0n) is 18.8. The summed E-state index contributed by atoms with van der Waals surface area (Å²) in [6.45, 7) is 7.03. The zero-order chi connectivity index (χ0) is 22.7. The molecule has 0 radical (unpaired) electrons. The number of hydrogen-bond donors (Lipinski definition) is 0. The number of hydrogen-bond acceptors (Lipinski definition) is 7. The molecule has 2 aromatic carbocycles. The summed E-state index contributed by atoms with van der Waals surface area (Å²) in [5.41, 5.74) is 1.87. The summed E-state index contributed by atoms with van der Waals surface area (Å²) < 4.78 is 12.9. The molecule has 8 nitrogen and oxygen atoms in total. The van der Waals surface area contributed by atoms with Gasteiger partial charge in [0.2, 0.25) is 5.91 Å². The smallest absolute Gasteiger partial charge is 0.420 e. The highest BCUT2D eigenvalue weighted by molar-refractivity contribution is 7.22. The van der Waals surface area contributed by atoms with Gasteiger partial charge in [-0.15, -0.1) is 12.4 Å². The topological polar surface area (TPSA) is 80.8 Å². The number of oxazole rings is 1. The van der Waals surface area contributed by atoms with Gasteiger partial charge in [0.1, 0.15) is 12.3 Å². The predicted octanol–water partition coefficient (Wildman–Crippen LogP) is 4.01. The van der Waals surface area contributed by atoms with Crippen molar-refractivity contribution in [1.29, 1.82) is 0 Å². The third-order valence-electron chi connectivity index (χ3n) is 5.52. The van der Waals surface area contributed by atoms with E-state index >= 15 is 0 Å². The molecule has 0 bridgehead atoms. The molecule has 1 amide bonds. The number of nitrogens with zero attached hydrogens (tertiary/aromatic N) is 4. The number of rotatable bonds is 9. The number of anilines is 1. The molecule has 0 fully saturated rings. The van der Waals surface area contributed by atoms with E-state index in [-0.39, 0.29) is 24.9 Å². The fourth-order valence-electron chi connectivity index (χ4n) is 3.63. The van der Waals surface area contributed by atoms with Crippen LogP contribution in [0.1, 0.15) is 13.8 Å². The monoisotopic (exact) mass is 490 g/mol. The summed E-state index contributed by atoms with van der Waals surface area (Å²) in [6, 6.07) is 12.8. The average Bonchev–Trinajstić information content (AvgIpc) is 3.36. The molecule has 176 valence electrons. The van der Waals surface area contributed by atoms with Crippen molar-refractivity contribution >= 4 is 56.1 Å². The molecule has 4 aromatic rings. The molecule has 10 heteroatoms. The lowest BCUT2D eigenvalue weighted by Gasteiger charge is -2.24. The second-order valence-corrected chi connectivity index (χ2v) is 8.33. The maximum absolute atomic E-state index is 13.4. The van der Waals surface area contributed by atoms with Crippen LogP contribution in [0, 0.1) is 0 Å². The lowest BCUT2D eigenvalue weighted by atomic mass is 10.3. The van der Waals surface area contributed by atoms with E-state index in [9.17, 15) is 9.59 Å². The number of benzene rings is 2. The molecule has 2 heterocycles. The summed E-state index contributed by atoms with van der Waals surface area (Å²) in [5, 5.41) is 0.603. The Balaban J connectivity index is 0.00000306. The van der Waals surface area contributed by atoms with Crippen molar-refractivity contribution < 1.29 is 13.9 Å². The molecular formula is C23H27ClN4O4S. The molecule has 0 atom stereocenters. The molecule has 0 aliphatic rings. The Morgan fingerprint density at radius 3 is 2.64 bits per heavy atom. The maximum Gasteiger partial charge on any atom is 0.420 e. The second-order valence-electron chi connectivity index (χ2n) is 7.32. The van der Waals surface area contributed by atoms with E-state index in [1.807, 2.05) is 24.3 Å². The number of amides is 1. The highest BCUT2D eigenvalue weighted by Gasteiger charge is 2.23. The SMILES string of the molecule is CCN(CC)CCN(C(=O)Cn1c(=O)oc2ccccc21)c1nc2ccc(OC)cc2s1.Cl. The normalized spacial score (nSPS) is 11.2. The van der Waals surface area contributed by atoms with E-state index < -0.39 is 5.76 Å². The fourth-order valence-corrected chi connectivity index (χ4v) is 4.67. The molecule has 4 rings (SSSR count). The van der Waals surface area contributed by atoms with Crippen LogP contribution in [0.5, 0.6) is 5.75 Å². The van der Waals surface area contributed by atoms with Crippen molar-refractivity contribution in [3.63, 3.8) is 0 Å². The third-order valence-corrected chi connectivity index (χ3v) is 6.56. The Hall–Kier alpha value is -2.88. The summed E-state index contributed by atoms with van der Waals surface area (Å²) >= 11 is 1.44. The number of fused-ring (bicyclic) bond motifs is 2. The minimum Gasteiger partial charge on any atom is -0.497 e. The van der Waals surface area contributed by atoms with Crippen LogP contribution in [-0.2, 0) is 11.3 Å². The Morgan fingerprint density at radius 1 is 1.15 bits per heavy atom. The Morgan fingerprint density at radius 2 is 1.91 bits per heavy atom. The van der Waals surface area contributed by atoms with Gasteiger partial charge in [-0.3, -0.25) is 14.3 Å². The van der Waals surface area contributed by atoms with E-state index in [1.54, 1.807) is 30.2 Å². The molecule has 33 heavy (non-hydrogen) atoms. The fraction of sp³-hybridized carbons (Fsp3) is 0.348. The van der Waals surface area contributed by atoms with Gasteiger partial charge < -0.3 is 14.1 Å². The number of halogens is 1. The van der Waals surface area contributed by atoms with Crippen LogP contribution in [0.2, 0.25) is 0 Å². The van der Waals surface area contributed by atoms with Crippen molar-refractivity contribution in [3.8, 4) is 5.75 Å². The number of ether oxygens (including phenoxy) is 1. The lowest BCUT2D eigenvalue weighted by molar-refractivity contribution is -0.119. The minimum absolute atomic E-state index is 0. The Labute approximate surface area is 201 Å². The molecule has 0 saturated heterocycles. The summed E-state index contributed by atoms with van der Waals surface area (Å²) in [6.07, 6.45) is 0. The number of aromatic nitrogens is 2. The Bertz CT molecular complexity index is 1290. The van der Waals surface area contributed by atoms with Crippen molar-refractivity contribution in [2.75, 3.05) is 38.2 Å². The van der Waals surface area contributed by atoms with Gasteiger partial charge >= 0.3 is 5.76 Å². The van der Waals surface area contributed by atoms with E-state index in [4.69, 9.17) is 14.1 Å². The van der Waals surface area contributed by atoms with Gasteiger partial charge in [-0.2, -0.15) is 0 Å². The molecule has 2 aromatic heterocycles. The van der Waals surface area contributed by atoms with E-state index in [1.165, 1.54) is 15.9 Å². The zero-order valence-corrected chi connectivity index (χ0v) is 20.4. The van der Waals surface area contributed by atoms with Gasteiger partial charge in [-0.1, -0.05) is 37.3 Å². The van der Waals surface area contributed by atoms with Gasteiger partial charge in [0.05, 0.1) is 22.8 Å². The van der Waals surface area contributed by atoms with Gasteiger partial charge in [0.15, 0.2) is 10.7 Å². The van der Waals surface area contributed by atoms with Crippen LogP contribution in [-0.4, -0.2) is 53.6 Å². The van der Waals surface area contributed by atoms with Crippen LogP contribution in [0.15, 0.2) is 51.7 Å². The van der Waals surface area contributed by atoms with Crippen LogP contribution in [0.3, 0.4) is 0 Å². The van der Waals surface area contributed by atoms with Crippen LogP contribution < -0.4 is 15.4 Å². The van der Waals surface area contributed by atoms with Crippen LogP contribution in [0.25, 0.3) is 21.3 Å². The first-order valence-corrected chi connectivity index (χ1v) is 11.4. The number of thiazole rings is 1. The predicted molar refractivity (Wildman–Crippen MR) is 134 cm³/mol. The number of carbonyl (C=O) groups is 1. The number of methoxy groups -OCH3 is 1. The molecule has 0 spiro atoms. The first-order chi connectivity index (χ1) is 15.5. The molecular weight excluding hydrogens is 464 g/mol. The van der Waals surface area contributed by atoms with Gasteiger partial charge in [-0.05, 0) is 43.4 Å². The molecule has 0 aliphatic heterocycles. The highest BCUT2D eigenvalue weighted by Crippen LogP contribution is 2.31. The number of para-hydroxylation sites is 2. The maximum atomic E-state index is 13.4. The van der Waals surface area contributed by atoms with E-state index in [0.717, 1.165) is 29.1 Å². The van der Waals surface area contributed by atoms with E-state index in [0.29, 0.717) is 29.3 Å². The molecule has 0 N–H and O–H groups in total. The second kappa shape index (κ2) is 10.8. The van der Waals surface area contributed by atoms with Gasteiger partial charge in [0, 0.05) is 13.1 Å². The third kappa shape index (κ3) is 5.21. The van der Waals surface area contributed by atoms with Crippen LogP contribution >= 0.6 is 23.7 Å². The lowest BCUT2D eigenvalue weighted by Crippen LogP contribution is -2.41. The van der Waals surface area contributed by atoms with Crippen molar-refractivity contribution in [1.82, 2.24) is 14.5 Å². The molecule has 0 saturated carbocycles.